The van der Waals surface area contributed by atoms with E-state index in [-0.39, 0.29) is 22.7 Å². The smallest absolute Gasteiger partial charge is 0.251 e. The Balaban J connectivity index is 1.08. The van der Waals surface area contributed by atoms with Crippen molar-refractivity contribution < 1.29 is 17.6 Å². The summed E-state index contributed by atoms with van der Waals surface area (Å²) in [7, 11) is -1.92. The number of piperazine rings is 1. The van der Waals surface area contributed by atoms with Crippen molar-refractivity contribution in [2.75, 3.05) is 51.2 Å². The quantitative estimate of drug-likeness (QED) is 0.450. The van der Waals surface area contributed by atoms with Crippen molar-refractivity contribution in [2.45, 2.75) is 43.0 Å². The van der Waals surface area contributed by atoms with Crippen LogP contribution in [0.4, 0.5) is 9.52 Å². The van der Waals surface area contributed by atoms with Crippen molar-refractivity contribution in [1.29, 1.82) is 0 Å². The highest BCUT2D eigenvalue weighted by Gasteiger charge is 2.29. The van der Waals surface area contributed by atoms with Gasteiger partial charge in [-0.1, -0.05) is 36.7 Å². The highest BCUT2D eigenvalue weighted by atomic mass is 32.2. The van der Waals surface area contributed by atoms with Crippen LogP contribution in [0.15, 0.2) is 47.4 Å². The predicted molar refractivity (Wildman–Crippen MR) is 149 cm³/mol. The number of thiazole rings is 1. The number of nitrogens with zero attached hydrogens (tertiary/aromatic N) is 4. The first-order chi connectivity index (χ1) is 18.3. The Labute approximate surface area is 227 Å². The van der Waals surface area contributed by atoms with E-state index in [0.29, 0.717) is 24.2 Å². The minimum absolute atomic E-state index is 0.0443. The fraction of sp³-hybridized carbons (Fsp3) is 0.481. The normalized spacial score (nSPS) is 17.8. The molecule has 5 rings (SSSR count). The van der Waals surface area contributed by atoms with Gasteiger partial charge in [-0.25, -0.2) is 17.8 Å². The van der Waals surface area contributed by atoms with Crippen LogP contribution in [0.25, 0.3) is 10.2 Å². The van der Waals surface area contributed by atoms with Gasteiger partial charge in [-0.2, -0.15) is 4.31 Å². The van der Waals surface area contributed by atoms with Crippen LogP contribution in [-0.2, 0) is 10.0 Å². The number of carbonyl (C=O) groups is 1. The lowest BCUT2D eigenvalue weighted by atomic mass is 9.96. The van der Waals surface area contributed by atoms with Gasteiger partial charge in [0.25, 0.3) is 5.91 Å². The number of aromatic nitrogens is 1. The number of amides is 1. The van der Waals surface area contributed by atoms with Crippen LogP contribution >= 0.6 is 11.3 Å². The van der Waals surface area contributed by atoms with Crippen molar-refractivity contribution in [3.63, 3.8) is 0 Å². The molecule has 1 aromatic heterocycles. The number of para-hydroxylation sites is 1. The van der Waals surface area contributed by atoms with Gasteiger partial charge in [0.05, 0.1) is 9.60 Å². The van der Waals surface area contributed by atoms with Crippen LogP contribution in [0.2, 0.25) is 0 Å². The van der Waals surface area contributed by atoms with E-state index in [1.165, 1.54) is 33.8 Å². The molecule has 2 aliphatic rings. The minimum Gasteiger partial charge on any atom is -0.351 e. The van der Waals surface area contributed by atoms with Gasteiger partial charge in [0.1, 0.15) is 11.3 Å². The highest BCUT2D eigenvalue weighted by Crippen LogP contribution is 2.31. The predicted octanol–water partition coefficient (Wildman–Crippen LogP) is 3.94. The van der Waals surface area contributed by atoms with Gasteiger partial charge in [-0.3, -0.25) is 9.69 Å². The van der Waals surface area contributed by atoms with Crippen molar-refractivity contribution in [2.24, 2.45) is 0 Å². The Kier molecular flexibility index (Phi) is 8.27. The molecule has 2 aromatic carbocycles. The summed E-state index contributed by atoms with van der Waals surface area (Å²) in [6, 6.07) is 11.3. The SMILES string of the molecule is CN(C1CCCCC1)S(=O)(=O)c1ccc(C(=O)NCCN2CCN(c3nc4c(F)cccc4s3)CC2)cc1. The van der Waals surface area contributed by atoms with Gasteiger partial charge in [0.15, 0.2) is 5.13 Å². The summed E-state index contributed by atoms with van der Waals surface area (Å²) in [4.78, 5) is 21.8. The third-order valence-corrected chi connectivity index (χ3v) is 10.6. The molecule has 11 heteroatoms. The van der Waals surface area contributed by atoms with Gasteiger partial charge in [0, 0.05) is 57.9 Å². The molecule has 1 amide bonds. The lowest BCUT2D eigenvalue weighted by Crippen LogP contribution is -2.48. The van der Waals surface area contributed by atoms with Crippen molar-refractivity contribution in [3.8, 4) is 0 Å². The maximum absolute atomic E-state index is 14.0. The van der Waals surface area contributed by atoms with E-state index in [1.807, 2.05) is 6.07 Å². The number of benzene rings is 2. The number of nitrogens with one attached hydrogen (secondary N) is 1. The molecular weight excluding hydrogens is 525 g/mol. The Morgan fingerprint density at radius 1 is 1.08 bits per heavy atom. The number of anilines is 1. The Morgan fingerprint density at radius 3 is 2.47 bits per heavy atom. The molecule has 1 aliphatic carbocycles. The molecule has 3 aromatic rings. The van der Waals surface area contributed by atoms with Gasteiger partial charge >= 0.3 is 0 Å². The molecule has 0 bridgehead atoms. The molecule has 8 nitrogen and oxygen atoms in total. The number of fused-ring (bicyclic) bond motifs is 1. The summed E-state index contributed by atoms with van der Waals surface area (Å²) in [5.74, 6) is -0.507. The first-order valence-corrected chi connectivity index (χ1v) is 15.5. The summed E-state index contributed by atoms with van der Waals surface area (Å²) in [6.07, 6.45) is 5.07. The van der Waals surface area contributed by atoms with Crippen LogP contribution in [-0.4, -0.2) is 80.9 Å². The molecule has 38 heavy (non-hydrogen) atoms. The molecule has 2 heterocycles. The van der Waals surface area contributed by atoms with Crippen molar-refractivity contribution >= 4 is 42.6 Å². The molecule has 1 saturated heterocycles. The lowest BCUT2D eigenvalue weighted by Gasteiger charge is -2.34. The second-order valence-electron chi connectivity index (χ2n) is 10.0. The number of hydrogen-bond acceptors (Lipinski definition) is 7. The van der Waals surface area contributed by atoms with E-state index in [2.05, 4.69) is 20.1 Å². The largest absolute Gasteiger partial charge is 0.351 e. The summed E-state index contributed by atoms with van der Waals surface area (Å²) in [5, 5.41) is 3.78. The van der Waals surface area contributed by atoms with E-state index in [4.69, 9.17) is 0 Å². The second-order valence-corrected chi connectivity index (χ2v) is 13.0. The minimum atomic E-state index is -3.58. The van der Waals surface area contributed by atoms with Crippen LogP contribution < -0.4 is 10.2 Å². The number of hydrogen-bond donors (Lipinski definition) is 1. The average molecular weight is 560 g/mol. The average Bonchev–Trinajstić information content (AvgIpc) is 3.39. The first kappa shape index (κ1) is 27.0. The van der Waals surface area contributed by atoms with Crippen LogP contribution in [0.3, 0.4) is 0 Å². The zero-order valence-corrected chi connectivity index (χ0v) is 23.2. The Morgan fingerprint density at radius 2 is 1.79 bits per heavy atom. The van der Waals surface area contributed by atoms with Crippen molar-refractivity contribution in [3.05, 3.63) is 53.8 Å². The first-order valence-electron chi connectivity index (χ1n) is 13.2. The third-order valence-electron chi connectivity index (χ3n) is 7.60. The van der Waals surface area contributed by atoms with Crippen LogP contribution in [0.1, 0.15) is 42.5 Å². The molecule has 204 valence electrons. The third kappa shape index (κ3) is 5.85. The van der Waals surface area contributed by atoms with E-state index >= 15 is 0 Å². The lowest BCUT2D eigenvalue weighted by molar-refractivity contribution is 0.0947. The molecule has 1 N–H and O–H groups in total. The van der Waals surface area contributed by atoms with Gasteiger partial charge in [-0.15, -0.1) is 0 Å². The zero-order chi connectivity index (χ0) is 26.7. The van der Waals surface area contributed by atoms with Crippen LogP contribution in [0.5, 0.6) is 0 Å². The van der Waals surface area contributed by atoms with E-state index in [0.717, 1.165) is 68.1 Å². The molecular formula is C27H34FN5O3S2. The molecule has 0 atom stereocenters. The fourth-order valence-corrected chi connectivity index (χ4v) is 7.66. The number of carbonyl (C=O) groups excluding carboxylic acids is 1. The molecule has 0 spiro atoms. The van der Waals surface area contributed by atoms with E-state index < -0.39 is 10.0 Å². The Hall–Kier alpha value is -2.60. The van der Waals surface area contributed by atoms with Crippen LogP contribution in [0, 0.1) is 5.82 Å². The van der Waals surface area contributed by atoms with E-state index in [9.17, 15) is 17.6 Å². The molecule has 1 saturated carbocycles. The second kappa shape index (κ2) is 11.6. The topological polar surface area (TPSA) is 85.8 Å². The molecule has 0 radical (unpaired) electrons. The van der Waals surface area contributed by atoms with Crippen molar-refractivity contribution in [1.82, 2.24) is 19.5 Å². The van der Waals surface area contributed by atoms with Gasteiger partial charge in [0.2, 0.25) is 10.0 Å². The summed E-state index contributed by atoms with van der Waals surface area (Å²) >= 11 is 1.51. The molecule has 2 fully saturated rings. The maximum Gasteiger partial charge on any atom is 0.251 e. The maximum atomic E-state index is 14.0. The molecule has 0 unspecified atom stereocenters. The highest BCUT2D eigenvalue weighted by molar-refractivity contribution is 7.89. The Bertz CT molecular complexity index is 1370. The molecule has 1 aliphatic heterocycles. The van der Waals surface area contributed by atoms with Gasteiger partial charge < -0.3 is 10.2 Å². The monoisotopic (exact) mass is 559 g/mol. The number of rotatable bonds is 8. The summed E-state index contributed by atoms with van der Waals surface area (Å²) in [5.41, 5.74) is 0.872. The zero-order valence-electron chi connectivity index (χ0n) is 21.6. The number of halogens is 1. The van der Waals surface area contributed by atoms with E-state index in [1.54, 1.807) is 25.2 Å². The standard InChI is InChI=1S/C27H34FN5O3S2/c1-31(21-6-3-2-4-7-21)38(35,36)22-12-10-20(11-13-22)26(34)29-14-15-32-16-18-33(19-17-32)27-30-25-23(28)8-5-9-24(25)37-27/h5,8-13,21H,2-4,6-7,14-19H2,1H3,(H,29,34). The fourth-order valence-electron chi connectivity index (χ4n) is 5.22. The summed E-state index contributed by atoms with van der Waals surface area (Å²) in [6.45, 7) is 4.45. The number of sulfonamides is 1. The van der Waals surface area contributed by atoms with Gasteiger partial charge in [-0.05, 0) is 49.2 Å². The summed E-state index contributed by atoms with van der Waals surface area (Å²) < 4.78 is 42.4.